The number of aryl methyl sites for hydroxylation is 1. The number of anilines is 2. The van der Waals surface area contributed by atoms with Gasteiger partial charge in [-0.2, -0.15) is 4.98 Å². The van der Waals surface area contributed by atoms with E-state index in [1.165, 1.54) is 5.56 Å². The van der Waals surface area contributed by atoms with Gasteiger partial charge in [-0.1, -0.05) is 12.1 Å². The van der Waals surface area contributed by atoms with Crippen molar-refractivity contribution in [1.82, 2.24) is 9.97 Å². The van der Waals surface area contributed by atoms with Crippen LogP contribution in [0.15, 0.2) is 24.3 Å². The summed E-state index contributed by atoms with van der Waals surface area (Å²) >= 11 is 0. The average molecular weight is 412 g/mol. The second kappa shape index (κ2) is 8.57. The lowest BCUT2D eigenvalue weighted by molar-refractivity contribution is -0.0592. The maximum atomic E-state index is 13.1. The van der Waals surface area contributed by atoms with E-state index >= 15 is 0 Å². The van der Waals surface area contributed by atoms with Crippen LogP contribution < -0.4 is 15.4 Å². The summed E-state index contributed by atoms with van der Waals surface area (Å²) in [4.78, 5) is 23.1. The SMILES string of the molecule is Cc1nc(N)c2c(n1)OCCN(c1ccc(C3CCC(CC(O)O)CC3)cc1)C2=O. The molecule has 1 aromatic carbocycles. The highest BCUT2D eigenvalue weighted by atomic mass is 16.5. The molecule has 2 aromatic rings. The third-order valence-corrected chi connectivity index (χ3v) is 6.10. The first-order valence-electron chi connectivity index (χ1n) is 10.5. The zero-order chi connectivity index (χ0) is 21.3. The van der Waals surface area contributed by atoms with Crippen molar-refractivity contribution in [3.8, 4) is 5.88 Å². The predicted molar refractivity (Wildman–Crippen MR) is 112 cm³/mol. The third-order valence-electron chi connectivity index (χ3n) is 6.10. The Labute approximate surface area is 175 Å². The third kappa shape index (κ3) is 4.24. The molecule has 2 heterocycles. The topological polar surface area (TPSA) is 122 Å². The highest BCUT2D eigenvalue weighted by molar-refractivity contribution is 6.10. The molecule has 2 aliphatic rings. The molecular formula is C22H28N4O4. The quantitative estimate of drug-likeness (QED) is 0.659. The van der Waals surface area contributed by atoms with Gasteiger partial charge in [0.05, 0.1) is 6.54 Å². The van der Waals surface area contributed by atoms with Gasteiger partial charge in [0.2, 0.25) is 5.88 Å². The lowest BCUT2D eigenvalue weighted by Gasteiger charge is -2.29. The molecule has 0 bridgehead atoms. The molecule has 1 amide bonds. The number of aliphatic hydroxyl groups excluding tert-OH is 1. The van der Waals surface area contributed by atoms with Gasteiger partial charge in [-0.25, -0.2) is 4.98 Å². The Hall–Kier alpha value is -2.71. The molecule has 0 saturated heterocycles. The fourth-order valence-corrected chi connectivity index (χ4v) is 4.55. The first-order valence-corrected chi connectivity index (χ1v) is 10.5. The van der Waals surface area contributed by atoms with Gasteiger partial charge in [0.15, 0.2) is 6.29 Å². The number of carbonyl (C=O) groups is 1. The summed E-state index contributed by atoms with van der Waals surface area (Å²) in [5, 5.41) is 18.3. The van der Waals surface area contributed by atoms with Crippen molar-refractivity contribution in [2.24, 2.45) is 5.92 Å². The van der Waals surface area contributed by atoms with Crippen LogP contribution in [0.3, 0.4) is 0 Å². The van der Waals surface area contributed by atoms with Crippen LogP contribution in [-0.4, -0.2) is 45.5 Å². The summed E-state index contributed by atoms with van der Waals surface area (Å²) in [5.41, 5.74) is 8.25. The summed E-state index contributed by atoms with van der Waals surface area (Å²) in [7, 11) is 0. The second-order valence-corrected chi connectivity index (χ2v) is 8.17. The standard InChI is InChI=1S/C22H28N4O4/c1-13-24-20(23)19-21(25-13)30-11-10-26(22(19)29)17-8-6-16(7-9-17)15-4-2-14(3-5-15)12-18(27)28/h6-9,14-15,18,27-28H,2-5,10-12H2,1H3,(H2,23,24,25). The van der Waals surface area contributed by atoms with Crippen molar-refractivity contribution in [3.63, 3.8) is 0 Å². The highest BCUT2D eigenvalue weighted by Gasteiger charge is 2.30. The molecule has 0 unspecified atom stereocenters. The molecule has 1 aliphatic carbocycles. The largest absolute Gasteiger partial charge is 0.475 e. The molecule has 1 saturated carbocycles. The van der Waals surface area contributed by atoms with Crippen molar-refractivity contribution in [2.45, 2.75) is 51.2 Å². The maximum Gasteiger partial charge on any atom is 0.267 e. The molecule has 4 rings (SSSR count). The van der Waals surface area contributed by atoms with Gasteiger partial charge in [0.25, 0.3) is 5.91 Å². The van der Waals surface area contributed by atoms with Crippen LogP contribution in [0, 0.1) is 12.8 Å². The number of carbonyl (C=O) groups excluding carboxylic acids is 1. The first-order chi connectivity index (χ1) is 14.4. The van der Waals surface area contributed by atoms with Crippen LogP contribution in [0.5, 0.6) is 5.88 Å². The van der Waals surface area contributed by atoms with Crippen molar-refractivity contribution in [3.05, 3.63) is 41.2 Å². The smallest absolute Gasteiger partial charge is 0.267 e. The van der Waals surface area contributed by atoms with Crippen molar-refractivity contribution >= 4 is 17.4 Å². The molecule has 0 spiro atoms. The van der Waals surface area contributed by atoms with E-state index in [1.54, 1.807) is 11.8 Å². The fourth-order valence-electron chi connectivity index (χ4n) is 4.55. The molecule has 1 aromatic heterocycles. The molecule has 8 heteroatoms. The minimum Gasteiger partial charge on any atom is -0.475 e. The molecule has 0 atom stereocenters. The number of nitrogen functional groups attached to an aromatic ring is 1. The van der Waals surface area contributed by atoms with Gasteiger partial charge in [-0.05, 0) is 62.1 Å². The summed E-state index contributed by atoms with van der Waals surface area (Å²) in [5.74, 6) is 1.44. The van der Waals surface area contributed by atoms with Gasteiger partial charge < -0.3 is 25.6 Å². The number of benzene rings is 1. The van der Waals surface area contributed by atoms with Crippen LogP contribution in [0.25, 0.3) is 0 Å². The minimum absolute atomic E-state index is 0.135. The number of nitrogens with zero attached hydrogens (tertiary/aromatic N) is 3. The second-order valence-electron chi connectivity index (χ2n) is 8.17. The van der Waals surface area contributed by atoms with Gasteiger partial charge in [0.1, 0.15) is 23.8 Å². The van der Waals surface area contributed by atoms with E-state index in [0.717, 1.165) is 31.4 Å². The maximum absolute atomic E-state index is 13.1. The Morgan fingerprint density at radius 1 is 1.17 bits per heavy atom. The van der Waals surface area contributed by atoms with E-state index in [4.69, 9.17) is 10.5 Å². The molecule has 1 fully saturated rings. The van der Waals surface area contributed by atoms with Crippen LogP contribution in [-0.2, 0) is 0 Å². The number of aliphatic hydroxyl groups is 2. The Morgan fingerprint density at radius 3 is 2.53 bits per heavy atom. The molecule has 0 radical (unpaired) electrons. The van der Waals surface area contributed by atoms with Crippen LogP contribution >= 0.6 is 0 Å². The number of rotatable bonds is 4. The number of nitrogens with two attached hydrogens (primary N) is 1. The predicted octanol–water partition coefficient (Wildman–Crippen LogP) is 2.38. The molecule has 8 nitrogen and oxygen atoms in total. The van der Waals surface area contributed by atoms with Crippen molar-refractivity contribution < 1.29 is 19.7 Å². The Bertz CT molecular complexity index is 908. The Kier molecular flexibility index (Phi) is 5.87. The van der Waals surface area contributed by atoms with E-state index in [-0.39, 0.29) is 23.2 Å². The number of hydrogen-bond acceptors (Lipinski definition) is 7. The van der Waals surface area contributed by atoms with Crippen molar-refractivity contribution in [1.29, 1.82) is 0 Å². The zero-order valence-corrected chi connectivity index (χ0v) is 17.1. The number of fused-ring (bicyclic) bond motifs is 1. The van der Waals surface area contributed by atoms with E-state index in [0.29, 0.717) is 37.2 Å². The van der Waals surface area contributed by atoms with Gasteiger partial charge in [-0.15, -0.1) is 0 Å². The van der Waals surface area contributed by atoms with Gasteiger partial charge >= 0.3 is 0 Å². The average Bonchev–Trinajstić information content (AvgIpc) is 2.87. The molecule has 4 N–H and O–H groups in total. The van der Waals surface area contributed by atoms with Crippen molar-refractivity contribution in [2.75, 3.05) is 23.8 Å². The number of amides is 1. The summed E-state index contributed by atoms with van der Waals surface area (Å²) in [6.07, 6.45) is 3.32. The lowest BCUT2D eigenvalue weighted by atomic mass is 9.77. The van der Waals surface area contributed by atoms with Gasteiger partial charge in [-0.3, -0.25) is 4.79 Å². The number of aromatic nitrogens is 2. The molecule has 160 valence electrons. The normalized spacial score (nSPS) is 21.9. The van der Waals surface area contributed by atoms with E-state index in [2.05, 4.69) is 22.1 Å². The van der Waals surface area contributed by atoms with E-state index in [9.17, 15) is 15.0 Å². The van der Waals surface area contributed by atoms with Gasteiger partial charge in [0, 0.05) is 12.1 Å². The van der Waals surface area contributed by atoms with E-state index < -0.39 is 6.29 Å². The first kappa shape index (κ1) is 20.6. The van der Waals surface area contributed by atoms with Crippen LogP contribution in [0.2, 0.25) is 0 Å². The molecular weight excluding hydrogens is 384 g/mol. The van der Waals surface area contributed by atoms with E-state index in [1.807, 2.05) is 12.1 Å². The number of hydrogen-bond donors (Lipinski definition) is 3. The fraction of sp³-hybridized carbons (Fsp3) is 0.500. The molecule has 1 aliphatic heterocycles. The number of ether oxygens (including phenoxy) is 1. The highest BCUT2D eigenvalue weighted by Crippen LogP contribution is 2.38. The summed E-state index contributed by atoms with van der Waals surface area (Å²) < 4.78 is 5.66. The Morgan fingerprint density at radius 2 is 1.87 bits per heavy atom. The van der Waals surface area contributed by atoms with Crippen LogP contribution in [0.1, 0.15) is 59.8 Å². The zero-order valence-electron chi connectivity index (χ0n) is 17.1. The monoisotopic (exact) mass is 412 g/mol. The molecule has 30 heavy (non-hydrogen) atoms. The summed E-state index contributed by atoms with van der Waals surface area (Å²) in [6.45, 7) is 2.45. The Balaban J connectivity index is 1.48. The summed E-state index contributed by atoms with van der Waals surface area (Å²) in [6, 6.07) is 8.09. The van der Waals surface area contributed by atoms with Crippen LogP contribution in [0.4, 0.5) is 11.5 Å². The lowest BCUT2D eigenvalue weighted by Crippen LogP contribution is -2.32. The minimum atomic E-state index is -1.21.